The fraction of sp³-hybridized carbons (Fsp3) is 0.125. The lowest BCUT2D eigenvalue weighted by molar-refractivity contribution is -0.117. The number of nitrogens with one attached hydrogen (secondary N) is 1. The van der Waals surface area contributed by atoms with E-state index in [1.54, 1.807) is 4.90 Å². The zero-order valence-corrected chi connectivity index (χ0v) is 10.7. The van der Waals surface area contributed by atoms with Gasteiger partial charge in [-0.1, -0.05) is 24.3 Å². The molecule has 0 aromatic heterocycles. The molecule has 0 atom stereocenters. The van der Waals surface area contributed by atoms with Gasteiger partial charge in [-0.25, -0.2) is 0 Å². The molecule has 0 saturated carbocycles. The van der Waals surface area contributed by atoms with Crippen molar-refractivity contribution >= 4 is 28.9 Å². The number of carbonyl (C=O) groups excluding carboxylic acids is 2. The molecular formula is C16H12N2O2. The van der Waals surface area contributed by atoms with Crippen LogP contribution in [0.25, 0.3) is 0 Å². The number of para-hydroxylation sites is 1. The number of hydrogen-bond donors (Lipinski definition) is 1. The van der Waals surface area contributed by atoms with E-state index in [0.29, 0.717) is 12.8 Å². The number of hydrogen-bond acceptors (Lipinski definition) is 2. The Labute approximate surface area is 116 Å². The number of fused-ring (bicyclic) bond motifs is 2. The summed E-state index contributed by atoms with van der Waals surface area (Å²) in [5.41, 5.74) is 4.49. The summed E-state index contributed by atoms with van der Waals surface area (Å²) in [6, 6.07) is 13.4. The lowest BCUT2D eigenvalue weighted by atomic mass is 10.1. The second kappa shape index (κ2) is 3.93. The molecule has 0 saturated heterocycles. The lowest BCUT2D eigenvalue weighted by Crippen LogP contribution is -2.22. The van der Waals surface area contributed by atoms with Gasteiger partial charge in [-0.15, -0.1) is 0 Å². The van der Waals surface area contributed by atoms with Crippen molar-refractivity contribution < 1.29 is 9.59 Å². The van der Waals surface area contributed by atoms with Gasteiger partial charge in [0.2, 0.25) is 11.8 Å². The summed E-state index contributed by atoms with van der Waals surface area (Å²) in [5, 5.41) is 2.82. The Morgan fingerprint density at radius 3 is 2.60 bits per heavy atom. The molecule has 1 N–H and O–H groups in total. The predicted molar refractivity (Wildman–Crippen MR) is 76.1 cm³/mol. The quantitative estimate of drug-likeness (QED) is 0.859. The van der Waals surface area contributed by atoms with Gasteiger partial charge >= 0.3 is 0 Å². The van der Waals surface area contributed by atoms with Gasteiger partial charge in [0.25, 0.3) is 0 Å². The van der Waals surface area contributed by atoms with Gasteiger partial charge in [0, 0.05) is 11.3 Å². The molecule has 4 rings (SSSR count). The topological polar surface area (TPSA) is 49.4 Å². The number of anilines is 3. The van der Waals surface area contributed by atoms with Gasteiger partial charge in [-0.2, -0.15) is 0 Å². The first-order valence-corrected chi connectivity index (χ1v) is 6.56. The standard InChI is InChI=1S/C16H12N2O2/c19-15-9-11-12(17-15)5-3-7-14(11)18-13-6-2-1-4-10(13)8-16(18)20/h1-7H,8-9H2,(H,17,19). The maximum Gasteiger partial charge on any atom is 0.236 e. The highest BCUT2D eigenvalue weighted by atomic mass is 16.2. The van der Waals surface area contributed by atoms with Crippen LogP contribution in [0.3, 0.4) is 0 Å². The van der Waals surface area contributed by atoms with Crippen LogP contribution in [-0.4, -0.2) is 11.8 Å². The smallest absolute Gasteiger partial charge is 0.236 e. The minimum Gasteiger partial charge on any atom is -0.325 e. The lowest BCUT2D eigenvalue weighted by Gasteiger charge is -2.20. The summed E-state index contributed by atoms with van der Waals surface area (Å²) in [5.74, 6) is 0.0336. The van der Waals surface area contributed by atoms with Crippen molar-refractivity contribution in [1.29, 1.82) is 0 Å². The first-order valence-electron chi connectivity index (χ1n) is 6.56. The van der Waals surface area contributed by atoms with Crippen molar-refractivity contribution in [2.75, 3.05) is 10.2 Å². The van der Waals surface area contributed by atoms with E-state index in [0.717, 1.165) is 28.2 Å². The average molecular weight is 264 g/mol. The average Bonchev–Trinajstić information content (AvgIpc) is 2.96. The van der Waals surface area contributed by atoms with E-state index >= 15 is 0 Å². The summed E-state index contributed by atoms with van der Waals surface area (Å²) >= 11 is 0. The first kappa shape index (κ1) is 11.2. The van der Waals surface area contributed by atoms with Crippen molar-refractivity contribution in [3.63, 3.8) is 0 Å². The Hall–Kier alpha value is -2.62. The minimum atomic E-state index is -0.0209. The van der Waals surface area contributed by atoms with Gasteiger partial charge in [0.15, 0.2) is 0 Å². The van der Waals surface area contributed by atoms with E-state index in [-0.39, 0.29) is 11.8 Å². The molecule has 0 radical (unpaired) electrons. The fourth-order valence-corrected chi connectivity index (χ4v) is 2.96. The van der Waals surface area contributed by atoms with E-state index in [2.05, 4.69) is 5.32 Å². The van der Waals surface area contributed by atoms with Crippen molar-refractivity contribution in [3.8, 4) is 0 Å². The normalized spacial score (nSPS) is 16.1. The van der Waals surface area contributed by atoms with E-state index in [9.17, 15) is 9.59 Å². The zero-order valence-electron chi connectivity index (χ0n) is 10.7. The number of nitrogens with zero attached hydrogens (tertiary/aromatic N) is 1. The molecule has 20 heavy (non-hydrogen) atoms. The molecule has 2 aliphatic heterocycles. The third-order valence-corrected chi connectivity index (χ3v) is 3.83. The van der Waals surface area contributed by atoms with Crippen LogP contribution in [-0.2, 0) is 22.4 Å². The van der Waals surface area contributed by atoms with Crippen molar-refractivity contribution in [1.82, 2.24) is 0 Å². The third kappa shape index (κ3) is 1.48. The summed E-state index contributed by atoms with van der Waals surface area (Å²) in [4.78, 5) is 25.6. The maximum atomic E-state index is 12.3. The van der Waals surface area contributed by atoms with Crippen molar-refractivity contribution in [3.05, 3.63) is 53.6 Å². The molecule has 2 amide bonds. The van der Waals surface area contributed by atoms with Crippen LogP contribution >= 0.6 is 0 Å². The van der Waals surface area contributed by atoms with Crippen molar-refractivity contribution in [2.24, 2.45) is 0 Å². The molecule has 98 valence electrons. The second-order valence-electron chi connectivity index (χ2n) is 5.06. The molecule has 2 heterocycles. The molecule has 0 fully saturated rings. The molecule has 4 nitrogen and oxygen atoms in total. The number of carbonyl (C=O) groups is 2. The van der Waals surface area contributed by atoms with Crippen LogP contribution < -0.4 is 10.2 Å². The van der Waals surface area contributed by atoms with Crippen LogP contribution in [0.5, 0.6) is 0 Å². The molecule has 0 unspecified atom stereocenters. The Morgan fingerprint density at radius 2 is 1.70 bits per heavy atom. The summed E-state index contributed by atoms with van der Waals surface area (Å²) in [6.07, 6.45) is 0.749. The Bertz CT molecular complexity index is 752. The molecule has 0 spiro atoms. The molecule has 2 aliphatic rings. The van der Waals surface area contributed by atoms with Gasteiger partial charge in [-0.05, 0) is 23.8 Å². The molecule has 0 bridgehead atoms. The van der Waals surface area contributed by atoms with E-state index in [4.69, 9.17) is 0 Å². The van der Waals surface area contributed by atoms with E-state index in [1.807, 2.05) is 42.5 Å². The van der Waals surface area contributed by atoms with Crippen molar-refractivity contribution in [2.45, 2.75) is 12.8 Å². The molecule has 2 aromatic carbocycles. The predicted octanol–water partition coefficient (Wildman–Crippen LogP) is 2.40. The van der Waals surface area contributed by atoms with Crippen LogP contribution in [0, 0.1) is 0 Å². The Kier molecular flexibility index (Phi) is 2.21. The maximum absolute atomic E-state index is 12.3. The molecular weight excluding hydrogens is 252 g/mol. The highest BCUT2D eigenvalue weighted by Gasteiger charge is 2.32. The van der Waals surface area contributed by atoms with Gasteiger partial charge < -0.3 is 5.32 Å². The molecule has 0 aliphatic carbocycles. The van der Waals surface area contributed by atoms with Crippen LogP contribution in [0.4, 0.5) is 17.1 Å². The van der Waals surface area contributed by atoms with Crippen LogP contribution in [0.15, 0.2) is 42.5 Å². The van der Waals surface area contributed by atoms with E-state index < -0.39 is 0 Å². The van der Waals surface area contributed by atoms with Crippen LogP contribution in [0.1, 0.15) is 11.1 Å². The van der Waals surface area contributed by atoms with Gasteiger partial charge in [0.05, 0.1) is 24.2 Å². The highest BCUT2D eigenvalue weighted by Crippen LogP contribution is 2.40. The summed E-state index contributed by atoms with van der Waals surface area (Å²) < 4.78 is 0. The van der Waals surface area contributed by atoms with Gasteiger partial charge in [-0.3, -0.25) is 14.5 Å². The number of benzene rings is 2. The van der Waals surface area contributed by atoms with Crippen LogP contribution in [0.2, 0.25) is 0 Å². The largest absolute Gasteiger partial charge is 0.325 e. The SMILES string of the molecule is O=C1Cc2c(cccc2N2C(=O)Cc3ccccc32)N1. The summed E-state index contributed by atoms with van der Waals surface area (Å²) in [7, 11) is 0. The molecule has 2 aromatic rings. The third-order valence-electron chi connectivity index (χ3n) is 3.83. The first-order chi connectivity index (χ1) is 9.74. The molecule has 4 heteroatoms. The minimum absolute atomic E-state index is 0.0209. The monoisotopic (exact) mass is 264 g/mol. The number of rotatable bonds is 1. The van der Waals surface area contributed by atoms with E-state index in [1.165, 1.54) is 0 Å². The highest BCUT2D eigenvalue weighted by molar-refractivity contribution is 6.10. The summed E-state index contributed by atoms with van der Waals surface area (Å²) in [6.45, 7) is 0. The fourth-order valence-electron chi connectivity index (χ4n) is 2.96. The van der Waals surface area contributed by atoms with Gasteiger partial charge in [0.1, 0.15) is 0 Å². The number of amides is 2. The Morgan fingerprint density at radius 1 is 0.900 bits per heavy atom. The Balaban J connectivity index is 1.89. The second-order valence-corrected chi connectivity index (χ2v) is 5.06. The zero-order chi connectivity index (χ0) is 13.7.